The summed E-state index contributed by atoms with van der Waals surface area (Å²) >= 11 is 6.02. The molecule has 6 heteroatoms. The van der Waals surface area contributed by atoms with Crippen molar-refractivity contribution in [3.8, 4) is 0 Å². The largest absolute Gasteiger partial charge is 0.379 e. The molecule has 0 saturated heterocycles. The fourth-order valence-electron chi connectivity index (χ4n) is 3.33. The van der Waals surface area contributed by atoms with Crippen LogP contribution < -0.4 is 5.32 Å². The van der Waals surface area contributed by atoms with E-state index in [9.17, 15) is 9.59 Å². The first-order valence-corrected chi connectivity index (χ1v) is 10.5. The van der Waals surface area contributed by atoms with Gasteiger partial charge in [-0.1, -0.05) is 35.9 Å². The smallest absolute Gasteiger partial charge is 0.278 e. The van der Waals surface area contributed by atoms with Crippen molar-refractivity contribution in [2.45, 2.75) is 40.2 Å². The van der Waals surface area contributed by atoms with Crippen molar-refractivity contribution >= 4 is 34.7 Å². The number of benzene rings is 2. The van der Waals surface area contributed by atoms with Crippen LogP contribution in [0.3, 0.4) is 0 Å². The van der Waals surface area contributed by atoms with Gasteiger partial charge in [-0.25, -0.2) is 0 Å². The monoisotopic (exact) mass is 426 g/mol. The van der Waals surface area contributed by atoms with Crippen LogP contribution in [0.1, 0.15) is 37.0 Å². The van der Waals surface area contributed by atoms with Gasteiger partial charge in [-0.05, 0) is 69.0 Å². The van der Waals surface area contributed by atoms with E-state index < -0.39 is 0 Å². The zero-order valence-corrected chi connectivity index (χ0v) is 18.5. The zero-order chi connectivity index (χ0) is 21.8. The van der Waals surface area contributed by atoms with Gasteiger partial charge in [0.2, 0.25) is 0 Å². The van der Waals surface area contributed by atoms with E-state index in [1.807, 2.05) is 45.9 Å². The Kier molecular flexibility index (Phi) is 6.95. The molecule has 0 spiro atoms. The van der Waals surface area contributed by atoms with Crippen molar-refractivity contribution in [1.82, 2.24) is 4.90 Å². The van der Waals surface area contributed by atoms with E-state index in [-0.39, 0.29) is 17.9 Å². The lowest BCUT2D eigenvalue weighted by molar-refractivity contribution is -0.137. The Hall–Kier alpha value is -2.63. The van der Waals surface area contributed by atoms with E-state index in [0.717, 1.165) is 16.8 Å². The number of nitrogens with one attached hydrogen (secondary N) is 1. The Balaban J connectivity index is 1.94. The number of amides is 2. The molecule has 0 aliphatic carbocycles. The predicted octanol–water partition coefficient (Wildman–Crippen LogP) is 4.96. The maximum atomic E-state index is 13.2. The minimum atomic E-state index is -0.324. The highest BCUT2D eigenvalue weighted by atomic mass is 35.5. The molecule has 2 aromatic carbocycles. The Morgan fingerprint density at radius 2 is 1.73 bits per heavy atom. The standard InChI is InChI=1S/C24H27ClN2O3/c1-15(2)30-13-5-12-27-23(28)21(18-8-10-19(25)11-9-18)22(24(27)29)26-20-14-16(3)6-7-17(20)4/h6-11,14-15,26H,5,12-13H2,1-4H3. The number of carbonyl (C=O) groups excluding carboxylic acids is 2. The number of ether oxygens (including phenoxy) is 1. The topological polar surface area (TPSA) is 58.6 Å². The number of hydrogen-bond acceptors (Lipinski definition) is 4. The maximum absolute atomic E-state index is 13.2. The number of nitrogens with zero attached hydrogens (tertiary/aromatic N) is 1. The van der Waals surface area contributed by atoms with Gasteiger partial charge in [0.25, 0.3) is 11.8 Å². The zero-order valence-electron chi connectivity index (χ0n) is 17.8. The highest BCUT2D eigenvalue weighted by Gasteiger charge is 2.39. The first-order valence-electron chi connectivity index (χ1n) is 10.1. The van der Waals surface area contributed by atoms with Crippen LogP contribution in [0.15, 0.2) is 48.2 Å². The van der Waals surface area contributed by atoms with Crippen LogP contribution in [0.2, 0.25) is 5.02 Å². The summed E-state index contributed by atoms with van der Waals surface area (Å²) in [5.41, 5.74) is 4.18. The van der Waals surface area contributed by atoms with Crippen molar-refractivity contribution in [3.63, 3.8) is 0 Å². The fraction of sp³-hybridized carbons (Fsp3) is 0.333. The summed E-state index contributed by atoms with van der Waals surface area (Å²) in [7, 11) is 0. The van der Waals surface area contributed by atoms with Crippen molar-refractivity contribution in [3.05, 3.63) is 69.9 Å². The highest BCUT2D eigenvalue weighted by Crippen LogP contribution is 2.32. The molecule has 0 atom stereocenters. The third-order valence-corrected chi connectivity index (χ3v) is 5.18. The Bertz CT molecular complexity index is 980. The van der Waals surface area contributed by atoms with Gasteiger partial charge in [-0.2, -0.15) is 0 Å². The summed E-state index contributed by atoms with van der Waals surface area (Å²) in [6.45, 7) is 8.66. The fourth-order valence-corrected chi connectivity index (χ4v) is 3.45. The van der Waals surface area contributed by atoms with Crippen LogP contribution in [0.4, 0.5) is 5.69 Å². The molecule has 5 nitrogen and oxygen atoms in total. The van der Waals surface area contributed by atoms with Crippen LogP contribution >= 0.6 is 11.6 Å². The molecule has 2 amide bonds. The van der Waals surface area contributed by atoms with Crippen molar-refractivity contribution in [1.29, 1.82) is 0 Å². The summed E-state index contributed by atoms with van der Waals surface area (Å²) in [5.74, 6) is -0.630. The molecule has 1 heterocycles. The van der Waals surface area contributed by atoms with E-state index in [2.05, 4.69) is 5.32 Å². The van der Waals surface area contributed by atoms with Gasteiger partial charge >= 0.3 is 0 Å². The lowest BCUT2D eigenvalue weighted by Gasteiger charge is -2.16. The molecule has 1 aliphatic heterocycles. The van der Waals surface area contributed by atoms with Crippen LogP contribution in [0.5, 0.6) is 0 Å². The number of anilines is 1. The molecule has 1 N–H and O–H groups in total. The quantitative estimate of drug-likeness (QED) is 0.478. The lowest BCUT2D eigenvalue weighted by Crippen LogP contribution is -2.34. The Morgan fingerprint density at radius 3 is 2.40 bits per heavy atom. The van der Waals surface area contributed by atoms with E-state index in [0.29, 0.717) is 41.4 Å². The van der Waals surface area contributed by atoms with Gasteiger partial charge in [0, 0.05) is 23.9 Å². The van der Waals surface area contributed by atoms with Crippen molar-refractivity contribution < 1.29 is 14.3 Å². The lowest BCUT2D eigenvalue weighted by atomic mass is 10.0. The SMILES string of the molecule is Cc1ccc(C)c(NC2=C(c3ccc(Cl)cc3)C(=O)N(CCCOC(C)C)C2=O)c1. The molecule has 0 fully saturated rings. The molecular weight excluding hydrogens is 400 g/mol. The minimum absolute atomic E-state index is 0.110. The molecule has 0 saturated carbocycles. The molecular formula is C24H27ClN2O3. The van der Waals surface area contributed by atoms with Crippen molar-refractivity contribution in [2.75, 3.05) is 18.5 Å². The second-order valence-electron chi connectivity index (χ2n) is 7.74. The summed E-state index contributed by atoms with van der Waals surface area (Å²) in [5, 5.41) is 3.81. The Morgan fingerprint density at radius 1 is 1.03 bits per heavy atom. The molecule has 0 radical (unpaired) electrons. The third-order valence-electron chi connectivity index (χ3n) is 4.93. The number of aryl methyl sites for hydroxylation is 2. The van der Waals surface area contributed by atoms with Gasteiger partial charge in [0.05, 0.1) is 11.7 Å². The summed E-state index contributed by atoms with van der Waals surface area (Å²) in [6, 6.07) is 12.9. The second-order valence-corrected chi connectivity index (χ2v) is 8.17. The predicted molar refractivity (Wildman–Crippen MR) is 120 cm³/mol. The molecule has 0 aromatic heterocycles. The highest BCUT2D eigenvalue weighted by molar-refractivity contribution is 6.37. The van der Waals surface area contributed by atoms with Gasteiger partial charge < -0.3 is 10.1 Å². The minimum Gasteiger partial charge on any atom is -0.379 e. The molecule has 0 unspecified atom stereocenters. The molecule has 2 aromatic rings. The molecule has 1 aliphatic rings. The first-order chi connectivity index (χ1) is 14.3. The molecule has 3 rings (SSSR count). The van der Waals surface area contributed by atoms with Crippen LogP contribution in [0, 0.1) is 13.8 Å². The van der Waals surface area contributed by atoms with Crippen molar-refractivity contribution in [2.24, 2.45) is 0 Å². The third kappa shape index (κ3) is 4.91. The average molecular weight is 427 g/mol. The molecule has 30 heavy (non-hydrogen) atoms. The average Bonchev–Trinajstić information content (AvgIpc) is 2.92. The first kappa shape index (κ1) is 22.1. The number of carbonyl (C=O) groups is 2. The van der Waals surface area contributed by atoms with E-state index in [1.165, 1.54) is 4.90 Å². The van der Waals surface area contributed by atoms with Gasteiger partial charge in [0.1, 0.15) is 5.70 Å². The van der Waals surface area contributed by atoms with Crippen LogP contribution in [-0.4, -0.2) is 36.0 Å². The number of rotatable bonds is 8. The number of imide groups is 1. The van der Waals surface area contributed by atoms with Gasteiger partial charge in [-0.3, -0.25) is 14.5 Å². The second kappa shape index (κ2) is 9.45. The summed E-state index contributed by atoms with van der Waals surface area (Å²) < 4.78 is 5.56. The van der Waals surface area contributed by atoms with Crippen LogP contribution in [-0.2, 0) is 14.3 Å². The molecule has 158 valence electrons. The number of hydrogen-bond donors (Lipinski definition) is 1. The van der Waals surface area contributed by atoms with Crippen LogP contribution in [0.25, 0.3) is 5.57 Å². The summed E-state index contributed by atoms with van der Waals surface area (Å²) in [6.07, 6.45) is 0.694. The molecule has 0 bridgehead atoms. The van der Waals surface area contributed by atoms with Gasteiger partial charge in [-0.15, -0.1) is 0 Å². The van der Waals surface area contributed by atoms with E-state index in [4.69, 9.17) is 16.3 Å². The summed E-state index contributed by atoms with van der Waals surface area (Å²) in [4.78, 5) is 27.7. The van der Waals surface area contributed by atoms with E-state index >= 15 is 0 Å². The van der Waals surface area contributed by atoms with E-state index in [1.54, 1.807) is 24.3 Å². The number of halogens is 1. The maximum Gasteiger partial charge on any atom is 0.278 e. The normalized spacial score (nSPS) is 14.3. The Labute approximate surface area is 182 Å². The van der Waals surface area contributed by atoms with Gasteiger partial charge in [0.15, 0.2) is 0 Å².